The van der Waals surface area contributed by atoms with Crippen LogP contribution in [-0.4, -0.2) is 45.9 Å². The van der Waals surface area contributed by atoms with Crippen LogP contribution in [0.2, 0.25) is 0 Å². The van der Waals surface area contributed by atoms with Gasteiger partial charge in [0.15, 0.2) is 5.82 Å². The lowest BCUT2D eigenvalue weighted by atomic mass is 9.89. The number of amides is 1. The lowest BCUT2D eigenvalue weighted by Gasteiger charge is -2.34. The molecule has 1 aliphatic rings. The SMILES string of the molecule is CNc1cc([C@H]2CCCN(C(=O)CC(C)(C)C)C2)nc(-c2cccnc2)n1. The summed E-state index contributed by atoms with van der Waals surface area (Å²) in [6.07, 6.45) is 6.13. The number of likely N-dealkylation sites (tertiary alicyclic amines) is 1. The average Bonchev–Trinajstić information content (AvgIpc) is 2.67. The predicted molar refractivity (Wildman–Crippen MR) is 107 cm³/mol. The number of hydrogen-bond acceptors (Lipinski definition) is 5. The van der Waals surface area contributed by atoms with Crippen LogP contribution in [0.3, 0.4) is 0 Å². The molecule has 1 aliphatic heterocycles. The second kappa shape index (κ2) is 8.03. The van der Waals surface area contributed by atoms with E-state index in [1.54, 1.807) is 12.4 Å². The summed E-state index contributed by atoms with van der Waals surface area (Å²) in [4.78, 5) is 28.2. The molecule has 1 fully saturated rings. The summed E-state index contributed by atoms with van der Waals surface area (Å²) >= 11 is 0. The zero-order chi connectivity index (χ0) is 19.4. The molecule has 6 heteroatoms. The fraction of sp³-hybridized carbons (Fsp3) is 0.524. The molecule has 3 rings (SSSR count). The van der Waals surface area contributed by atoms with Gasteiger partial charge in [-0.05, 0) is 30.4 Å². The Kier molecular flexibility index (Phi) is 5.73. The number of anilines is 1. The van der Waals surface area contributed by atoms with Crippen LogP contribution in [0, 0.1) is 5.41 Å². The van der Waals surface area contributed by atoms with Gasteiger partial charge in [-0.25, -0.2) is 9.97 Å². The molecule has 1 saturated heterocycles. The van der Waals surface area contributed by atoms with E-state index in [1.807, 2.05) is 30.1 Å². The van der Waals surface area contributed by atoms with E-state index in [0.717, 1.165) is 43.0 Å². The fourth-order valence-corrected chi connectivity index (χ4v) is 3.44. The number of pyridine rings is 1. The Balaban J connectivity index is 1.84. The van der Waals surface area contributed by atoms with E-state index in [9.17, 15) is 4.79 Å². The molecule has 3 heterocycles. The highest BCUT2D eigenvalue weighted by Crippen LogP contribution is 2.30. The highest BCUT2D eigenvalue weighted by atomic mass is 16.2. The second-order valence-corrected chi connectivity index (χ2v) is 8.41. The third kappa shape index (κ3) is 5.02. The molecule has 0 spiro atoms. The van der Waals surface area contributed by atoms with Gasteiger partial charge in [-0.3, -0.25) is 9.78 Å². The molecule has 0 saturated carbocycles. The smallest absolute Gasteiger partial charge is 0.223 e. The van der Waals surface area contributed by atoms with E-state index >= 15 is 0 Å². The van der Waals surface area contributed by atoms with Gasteiger partial charge in [-0.2, -0.15) is 0 Å². The van der Waals surface area contributed by atoms with Gasteiger partial charge in [-0.1, -0.05) is 20.8 Å². The van der Waals surface area contributed by atoms with Crippen LogP contribution >= 0.6 is 0 Å². The molecule has 1 N–H and O–H groups in total. The van der Waals surface area contributed by atoms with Crippen LogP contribution in [0.4, 0.5) is 5.82 Å². The Morgan fingerprint density at radius 3 is 2.81 bits per heavy atom. The van der Waals surface area contributed by atoms with Crippen LogP contribution in [0.15, 0.2) is 30.6 Å². The second-order valence-electron chi connectivity index (χ2n) is 8.41. The monoisotopic (exact) mass is 367 g/mol. The zero-order valence-electron chi connectivity index (χ0n) is 16.7. The van der Waals surface area contributed by atoms with Crippen LogP contribution in [0.1, 0.15) is 51.6 Å². The number of carbonyl (C=O) groups is 1. The van der Waals surface area contributed by atoms with Gasteiger partial charge < -0.3 is 10.2 Å². The lowest BCUT2D eigenvalue weighted by molar-refractivity contribution is -0.134. The molecular formula is C21H29N5O. The minimum Gasteiger partial charge on any atom is -0.373 e. The third-order valence-corrected chi connectivity index (χ3v) is 4.80. The van der Waals surface area contributed by atoms with Gasteiger partial charge >= 0.3 is 0 Å². The Bertz CT molecular complexity index is 785. The van der Waals surface area contributed by atoms with Crippen molar-refractivity contribution in [2.75, 3.05) is 25.5 Å². The van der Waals surface area contributed by atoms with Crippen molar-refractivity contribution in [1.82, 2.24) is 19.9 Å². The van der Waals surface area contributed by atoms with E-state index in [2.05, 4.69) is 36.1 Å². The van der Waals surface area contributed by atoms with Gasteiger partial charge in [0.05, 0.1) is 5.69 Å². The van der Waals surface area contributed by atoms with Crippen molar-refractivity contribution in [3.05, 3.63) is 36.3 Å². The van der Waals surface area contributed by atoms with E-state index < -0.39 is 0 Å². The summed E-state index contributed by atoms with van der Waals surface area (Å²) in [5.74, 6) is 1.93. The van der Waals surface area contributed by atoms with Crippen molar-refractivity contribution in [3.63, 3.8) is 0 Å². The number of hydrogen-bond donors (Lipinski definition) is 1. The molecule has 0 radical (unpaired) electrons. The summed E-state index contributed by atoms with van der Waals surface area (Å²) < 4.78 is 0. The number of aromatic nitrogens is 3. The molecule has 0 aliphatic carbocycles. The molecule has 1 amide bonds. The molecule has 1 atom stereocenters. The molecule has 27 heavy (non-hydrogen) atoms. The van der Waals surface area contributed by atoms with Gasteiger partial charge in [-0.15, -0.1) is 0 Å². The first-order chi connectivity index (χ1) is 12.9. The molecule has 0 aromatic carbocycles. The van der Waals surface area contributed by atoms with Crippen molar-refractivity contribution in [2.45, 2.75) is 46.0 Å². The van der Waals surface area contributed by atoms with Gasteiger partial charge in [0.2, 0.25) is 5.91 Å². The van der Waals surface area contributed by atoms with Crippen molar-refractivity contribution in [3.8, 4) is 11.4 Å². The molecule has 0 unspecified atom stereocenters. The Labute approximate surface area is 161 Å². The molecule has 2 aromatic rings. The summed E-state index contributed by atoms with van der Waals surface area (Å²) in [6.45, 7) is 7.88. The van der Waals surface area contributed by atoms with Crippen molar-refractivity contribution in [1.29, 1.82) is 0 Å². The van der Waals surface area contributed by atoms with Crippen LogP contribution in [0.25, 0.3) is 11.4 Å². The highest BCUT2D eigenvalue weighted by molar-refractivity contribution is 5.77. The van der Waals surface area contributed by atoms with E-state index in [-0.39, 0.29) is 17.2 Å². The van der Waals surface area contributed by atoms with Crippen LogP contribution < -0.4 is 5.32 Å². The highest BCUT2D eigenvalue weighted by Gasteiger charge is 2.28. The van der Waals surface area contributed by atoms with Gasteiger partial charge in [0, 0.05) is 56.5 Å². The fourth-order valence-electron chi connectivity index (χ4n) is 3.44. The summed E-state index contributed by atoms with van der Waals surface area (Å²) in [5.41, 5.74) is 1.89. The van der Waals surface area contributed by atoms with E-state index in [1.165, 1.54) is 0 Å². The Morgan fingerprint density at radius 1 is 1.33 bits per heavy atom. The zero-order valence-corrected chi connectivity index (χ0v) is 16.7. The summed E-state index contributed by atoms with van der Waals surface area (Å²) in [7, 11) is 1.86. The molecule has 0 bridgehead atoms. The van der Waals surface area contributed by atoms with Crippen molar-refractivity contribution in [2.24, 2.45) is 5.41 Å². The number of piperidine rings is 1. The molecule has 2 aromatic heterocycles. The first kappa shape index (κ1) is 19.3. The van der Waals surface area contributed by atoms with Crippen LogP contribution in [0.5, 0.6) is 0 Å². The molecule has 6 nitrogen and oxygen atoms in total. The Hall–Kier alpha value is -2.50. The van der Waals surface area contributed by atoms with Crippen molar-refractivity contribution < 1.29 is 4.79 Å². The first-order valence-electron chi connectivity index (χ1n) is 9.60. The molecular weight excluding hydrogens is 338 g/mol. The standard InChI is InChI=1S/C21H29N5O/c1-21(2,3)12-19(27)26-10-6-8-16(14-26)17-11-18(22-4)25-20(24-17)15-7-5-9-23-13-15/h5,7,9,11,13,16H,6,8,10,12,14H2,1-4H3,(H,22,24,25)/t16-/m0/s1. The van der Waals surface area contributed by atoms with Gasteiger partial charge in [0.1, 0.15) is 5.82 Å². The normalized spacial score (nSPS) is 17.6. The number of rotatable bonds is 4. The number of nitrogens with one attached hydrogen (secondary N) is 1. The maximum atomic E-state index is 12.7. The Morgan fingerprint density at radius 2 is 2.15 bits per heavy atom. The van der Waals surface area contributed by atoms with Crippen molar-refractivity contribution >= 4 is 11.7 Å². The third-order valence-electron chi connectivity index (χ3n) is 4.80. The minimum atomic E-state index is 0.00568. The largest absolute Gasteiger partial charge is 0.373 e. The summed E-state index contributed by atoms with van der Waals surface area (Å²) in [5, 5.41) is 3.13. The van der Waals surface area contributed by atoms with Crippen LogP contribution in [-0.2, 0) is 4.79 Å². The minimum absolute atomic E-state index is 0.00568. The van der Waals surface area contributed by atoms with E-state index in [4.69, 9.17) is 4.98 Å². The number of nitrogens with zero attached hydrogens (tertiary/aromatic N) is 4. The maximum Gasteiger partial charge on any atom is 0.223 e. The molecule has 144 valence electrons. The maximum absolute atomic E-state index is 12.7. The quantitative estimate of drug-likeness (QED) is 0.892. The number of carbonyl (C=O) groups excluding carboxylic acids is 1. The first-order valence-corrected chi connectivity index (χ1v) is 9.60. The summed E-state index contributed by atoms with van der Waals surface area (Å²) in [6, 6.07) is 5.85. The van der Waals surface area contributed by atoms with Gasteiger partial charge in [0.25, 0.3) is 0 Å². The average molecular weight is 367 g/mol. The predicted octanol–water partition coefficient (Wildman–Crippen LogP) is 3.72. The lowest BCUT2D eigenvalue weighted by Crippen LogP contribution is -2.40. The van der Waals surface area contributed by atoms with E-state index in [0.29, 0.717) is 12.2 Å². The topological polar surface area (TPSA) is 71.0 Å².